The standard InChI is InChI=1S/C17H23NO/c1-4-12(2)11-16(18)14-9-10-17(19-3)15-8-6-5-7-13(14)15/h5-10,12,16H,4,11,18H2,1-3H3. The third-order valence-corrected chi connectivity index (χ3v) is 3.89. The fourth-order valence-electron chi connectivity index (χ4n) is 2.52. The number of hydrogen-bond donors (Lipinski definition) is 1. The van der Waals surface area contributed by atoms with E-state index in [1.54, 1.807) is 7.11 Å². The highest BCUT2D eigenvalue weighted by atomic mass is 16.5. The molecule has 0 aliphatic rings. The number of methoxy groups -OCH3 is 1. The maximum atomic E-state index is 6.39. The molecule has 0 aliphatic heterocycles. The first kappa shape index (κ1) is 13.9. The second kappa shape index (κ2) is 6.07. The van der Waals surface area contributed by atoms with Crippen molar-refractivity contribution in [1.29, 1.82) is 0 Å². The van der Waals surface area contributed by atoms with E-state index in [0.717, 1.165) is 17.6 Å². The number of rotatable bonds is 5. The van der Waals surface area contributed by atoms with Gasteiger partial charge in [-0.1, -0.05) is 50.6 Å². The predicted octanol–water partition coefficient (Wildman–Crippen LogP) is 4.28. The predicted molar refractivity (Wildman–Crippen MR) is 81.5 cm³/mol. The van der Waals surface area contributed by atoms with E-state index < -0.39 is 0 Å². The molecule has 0 aliphatic carbocycles. The van der Waals surface area contributed by atoms with Gasteiger partial charge in [0.2, 0.25) is 0 Å². The summed E-state index contributed by atoms with van der Waals surface area (Å²) in [6.45, 7) is 4.47. The molecule has 0 aromatic heterocycles. The van der Waals surface area contributed by atoms with Crippen LogP contribution in [0.5, 0.6) is 5.75 Å². The Morgan fingerprint density at radius 3 is 2.42 bits per heavy atom. The Morgan fingerprint density at radius 2 is 1.79 bits per heavy atom. The monoisotopic (exact) mass is 257 g/mol. The molecule has 0 bridgehead atoms. The van der Waals surface area contributed by atoms with E-state index in [1.165, 1.54) is 17.4 Å². The molecule has 2 aromatic carbocycles. The van der Waals surface area contributed by atoms with E-state index in [4.69, 9.17) is 10.5 Å². The highest BCUT2D eigenvalue weighted by Gasteiger charge is 2.14. The Hall–Kier alpha value is -1.54. The van der Waals surface area contributed by atoms with Crippen molar-refractivity contribution in [1.82, 2.24) is 0 Å². The van der Waals surface area contributed by atoms with Gasteiger partial charge in [-0.15, -0.1) is 0 Å². The van der Waals surface area contributed by atoms with Gasteiger partial charge in [0.05, 0.1) is 7.11 Å². The van der Waals surface area contributed by atoms with Gasteiger partial charge >= 0.3 is 0 Å². The molecule has 0 heterocycles. The molecule has 2 atom stereocenters. The van der Waals surface area contributed by atoms with Crippen LogP contribution in [0.25, 0.3) is 10.8 Å². The van der Waals surface area contributed by atoms with Crippen LogP contribution in [0, 0.1) is 5.92 Å². The largest absolute Gasteiger partial charge is 0.496 e. The summed E-state index contributed by atoms with van der Waals surface area (Å²) in [6, 6.07) is 12.5. The highest BCUT2D eigenvalue weighted by Crippen LogP contribution is 2.32. The van der Waals surface area contributed by atoms with Crippen molar-refractivity contribution in [2.75, 3.05) is 7.11 Å². The summed E-state index contributed by atoms with van der Waals surface area (Å²) in [4.78, 5) is 0. The lowest BCUT2D eigenvalue weighted by molar-refractivity contribution is 0.419. The first-order valence-corrected chi connectivity index (χ1v) is 6.98. The molecule has 19 heavy (non-hydrogen) atoms. The van der Waals surface area contributed by atoms with Gasteiger partial charge in [-0.3, -0.25) is 0 Å². The summed E-state index contributed by atoms with van der Waals surface area (Å²) in [6.07, 6.45) is 2.19. The first-order valence-electron chi connectivity index (χ1n) is 6.98. The summed E-state index contributed by atoms with van der Waals surface area (Å²) in [5.41, 5.74) is 7.61. The molecule has 2 unspecified atom stereocenters. The van der Waals surface area contributed by atoms with Crippen molar-refractivity contribution < 1.29 is 4.74 Å². The molecule has 2 nitrogen and oxygen atoms in total. The Morgan fingerprint density at radius 1 is 1.11 bits per heavy atom. The van der Waals surface area contributed by atoms with Crippen molar-refractivity contribution >= 4 is 10.8 Å². The minimum atomic E-state index is 0.0887. The number of benzene rings is 2. The lowest BCUT2D eigenvalue weighted by Gasteiger charge is -2.19. The zero-order valence-electron chi connectivity index (χ0n) is 12.0. The second-order valence-corrected chi connectivity index (χ2v) is 5.26. The Kier molecular flexibility index (Phi) is 4.43. The van der Waals surface area contributed by atoms with E-state index in [9.17, 15) is 0 Å². The van der Waals surface area contributed by atoms with E-state index in [2.05, 4.69) is 38.1 Å². The smallest absolute Gasteiger partial charge is 0.126 e. The lowest BCUT2D eigenvalue weighted by atomic mass is 9.91. The van der Waals surface area contributed by atoms with Crippen molar-refractivity contribution in [3.05, 3.63) is 42.0 Å². The summed E-state index contributed by atoms with van der Waals surface area (Å²) in [5, 5.41) is 2.35. The van der Waals surface area contributed by atoms with E-state index >= 15 is 0 Å². The van der Waals surface area contributed by atoms with Crippen LogP contribution < -0.4 is 10.5 Å². The quantitative estimate of drug-likeness (QED) is 0.867. The van der Waals surface area contributed by atoms with Gasteiger partial charge in [0, 0.05) is 11.4 Å². The zero-order valence-corrected chi connectivity index (χ0v) is 12.0. The minimum absolute atomic E-state index is 0.0887. The first-order chi connectivity index (χ1) is 9.17. The van der Waals surface area contributed by atoms with Gasteiger partial charge < -0.3 is 10.5 Å². The third-order valence-electron chi connectivity index (χ3n) is 3.89. The number of ether oxygens (including phenoxy) is 1. The summed E-state index contributed by atoms with van der Waals surface area (Å²) in [7, 11) is 1.71. The van der Waals surface area contributed by atoms with Crippen LogP contribution in [0.1, 0.15) is 38.3 Å². The maximum Gasteiger partial charge on any atom is 0.126 e. The highest BCUT2D eigenvalue weighted by molar-refractivity contribution is 5.91. The summed E-state index contributed by atoms with van der Waals surface area (Å²) < 4.78 is 5.42. The average molecular weight is 257 g/mol. The minimum Gasteiger partial charge on any atom is -0.496 e. The molecule has 2 N–H and O–H groups in total. The summed E-state index contributed by atoms with van der Waals surface area (Å²) in [5.74, 6) is 1.56. The van der Waals surface area contributed by atoms with Crippen molar-refractivity contribution in [2.45, 2.75) is 32.7 Å². The molecule has 0 saturated heterocycles. The van der Waals surface area contributed by atoms with Gasteiger partial charge in [-0.25, -0.2) is 0 Å². The normalized spacial score (nSPS) is 14.3. The third kappa shape index (κ3) is 2.90. The van der Waals surface area contributed by atoms with Crippen LogP contribution >= 0.6 is 0 Å². The molecular formula is C17H23NO. The van der Waals surface area contributed by atoms with Crippen LogP contribution in [-0.4, -0.2) is 7.11 Å². The molecule has 0 amide bonds. The molecule has 2 rings (SSSR count). The lowest BCUT2D eigenvalue weighted by Crippen LogP contribution is -2.14. The van der Waals surface area contributed by atoms with E-state index in [0.29, 0.717) is 5.92 Å². The zero-order chi connectivity index (χ0) is 13.8. The van der Waals surface area contributed by atoms with Crippen LogP contribution in [0.4, 0.5) is 0 Å². The van der Waals surface area contributed by atoms with Crippen molar-refractivity contribution in [3.63, 3.8) is 0 Å². The molecule has 0 radical (unpaired) electrons. The number of nitrogens with two attached hydrogens (primary N) is 1. The van der Waals surface area contributed by atoms with Crippen LogP contribution in [0.2, 0.25) is 0 Å². The molecule has 2 aromatic rings. The average Bonchev–Trinajstić information content (AvgIpc) is 2.45. The van der Waals surface area contributed by atoms with Gasteiger partial charge in [0.1, 0.15) is 5.75 Å². The van der Waals surface area contributed by atoms with Gasteiger partial charge in [-0.05, 0) is 29.4 Å². The SMILES string of the molecule is CCC(C)CC(N)c1ccc(OC)c2ccccc12. The van der Waals surface area contributed by atoms with Gasteiger partial charge in [0.15, 0.2) is 0 Å². The van der Waals surface area contributed by atoms with Gasteiger partial charge in [-0.2, -0.15) is 0 Å². The molecule has 0 fully saturated rings. The topological polar surface area (TPSA) is 35.2 Å². The second-order valence-electron chi connectivity index (χ2n) is 5.26. The van der Waals surface area contributed by atoms with Crippen LogP contribution in [0.3, 0.4) is 0 Å². The molecule has 0 spiro atoms. The van der Waals surface area contributed by atoms with Gasteiger partial charge in [0.25, 0.3) is 0 Å². The fraction of sp³-hybridized carbons (Fsp3) is 0.412. The molecule has 102 valence electrons. The van der Waals surface area contributed by atoms with Crippen molar-refractivity contribution in [3.8, 4) is 5.75 Å². The Balaban J connectivity index is 2.44. The molecular weight excluding hydrogens is 234 g/mol. The Labute approximate surface area is 115 Å². The van der Waals surface area contributed by atoms with Crippen molar-refractivity contribution in [2.24, 2.45) is 11.7 Å². The fourth-order valence-corrected chi connectivity index (χ4v) is 2.52. The number of fused-ring (bicyclic) bond motifs is 1. The maximum absolute atomic E-state index is 6.39. The Bertz CT molecular complexity index is 550. The summed E-state index contributed by atoms with van der Waals surface area (Å²) >= 11 is 0. The van der Waals surface area contributed by atoms with E-state index in [-0.39, 0.29) is 6.04 Å². The van der Waals surface area contributed by atoms with E-state index in [1.807, 2.05) is 12.1 Å². The van der Waals surface area contributed by atoms with Crippen LogP contribution in [-0.2, 0) is 0 Å². The number of hydrogen-bond acceptors (Lipinski definition) is 2. The molecule has 0 saturated carbocycles. The molecule has 2 heteroatoms. The van der Waals surface area contributed by atoms with Crippen LogP contribution in [0.15, 0.2) is 36.4 Å².